The first-order valence-electron chi connectivity index (χ1n) is 12.2. The lowest BCUT2D eigenvalue weighted by atomic mass is 9.71. The SMILES string of the molecule is COC(=O)C1=C(C)NC2=C(C(=O)C[C@H](c3ccccc3)C2)[C@H]1c1ccccc1OCc1ccccc1. The van der Waals surface area contributed by atoms with Crippen LogP contribution in [0.5, 0.6) is 5.75 Å². The molecule has 0 bridgehead atoms. The fourth-order valence-electron chi connectivity index (χ4n) is 5.28. The van der Waals surface area contributed by atoms with Crippen molar-refractivity contribution in [3.8, 4) is 5.75 Å². The van der Waals surface area contributed by atoms with Crippen LogP contribution in [-0.4, -0.2) is 18.9 Å². The van der Waals surface area contributed by atoms with E-state index in [0.29, 0.717) is 42.0 Å². The molecule has 182 valence electrons. The van der Waals surface area contributed by atoms with E-state index in [1.165, 1.54) is 7.11 Å². The van der Waals surface area contributed by atoms with Gasteiger partial charge >= 0.3 is 5.97 Å². The van der Waals surface area contributed by atoms with Crippen LogP contribution in [0.1, 0.15) is 48.3 Å². The van der Waals surface area contributed by atoms with E-state index in [2.05, 4.69) is 17.4 Å². The maximum Gasteiger partial charge on any atom is 0.336 e. The Hall–Kier alpha value is -4.12. The Morgan fingerprint density at radius 1 is 0.917 bits per heavy atom. The normalized spacial score (nSPS) is 19.4. The summed E-state index contributed by atoms with van der Waals surface area (Å²) in [5, 5.41) is 3.39. The summed E-state index contributed by atoms with van der Waals surface area (Å²) >= 11 is 0. The maximum absolute atomic E-state index is 13.7. The number of benzene rings is 3. The van der Waals surface area contributed by atoms with Crippen LogP contribution >= 0.6 is 0 Å². The lowest BCUT2D eigenvalue weighted by Gasteiger charge is -2.37. The molecular formula is C31H29NO4. The Labute approximate surface area is 211 Å². The van der Waals surface area contributed by atoms with Gasteiger partial charge in [0.1, 0.15) is 12.4 Å². The van der Waals surface area contributed by atoms with Gasteiger partial charge in [0.05, 0.1) is 18.6 Å². The predicted molar refractivity (Wildman–Crippen MR) is 138 cm³/mol. The Balaban J connectivity index is 1.57. The van der Waals surface area contributed by atoms with Gasteiger partial charge in [0, 0.05) is 29.0 Å². The molecule has 1 N–H and O–H groups in total. The van der Waals surface area contributed by atoms with Crippen molar-refractivity contribution < 1.29 is 19.1 Å². The van der Waals surface area contributed by atoms with Crippen LogP contribution in [0.3, 0.4) is 0 Å². The standard InChI is InChI=1S/C31H29NO4/c1-20-28(31(34)35-2)29(24-15-9-10-16-27(24)36-19-21-11-5-3-6-12-21)30-25(32-20)17-23(18-26(30)33)22-13-7-4-8-14-22/h3-16,23,29,32H,17-19H2,1-2H3/t23-,29+/m1/s1. The number of hydrogen-bond acceptors (Lipinski definition) is 5. The quantitative estimate of drug-likeness (QED) is 0.453. The third-order valence-electron chi connectivity index (χ3n) is 6.97. The van der Waals surface area contributed by atoms with Crippen molar-refractivity contribution in [3.05, 3.63) is 124 Å². The van der Waals surface area contributed by atoms with E-state index in [4.69, 9.17) is 9.47 Å². The van der Waals surface area contributed by atoms with Crippen molar-refractivity contribution in [1.29, 1.82) is 0 Å². The molecule has 5 rings (SSSR count). The monoisotopic (exact) mass is 479 g/mol. The van der Waals surface area contributed by atoms with E-state index in [1.54, 1.807) is 0 Å². The van der Waals surface area contributed by atoms with Crippen molar-refractivity contribution in [3.63, 3.8) is 0 Å². The predicted octanol–water partition coefficient (Wildman–Crippen LogP) is 5.80. The van der Waals surface area contributed by atoms with Gasteiger partial charge in [-0.3, -0.25) is 4.79 Å². The fraction of sp³-hybridized carbons (Fsp3) is 0.226. The molecule has 0 radical (unpaired) electrons. The zero-order valence-corrected chi connectivity index (χ0v) is 20.5. The molecule has 0 saturated heterocycles. The second kappa shape index (κ2) is 10.2. The highest BCUT2D eigenvalue weighted by atomic mass is 16.5. The second-order valence-electron chi connectivity index (χ2n) is 9.23. The number of rotatable bonds is 6. The molecule has 0 spiro atoms. The number of para-hydroxylation sites is 1. The van der Waals surface area contributed by atoms with Gasteiger partial charge in [-0.25, -0.2) is 4.79 Å². The molecule has 0 unspecified atom stereocenters. The lowest BCUT2D eigenvalue weighted by molar-refractivity contribution is -0.136. The molecule has 0 saturated carbocycles. The van der Waals surface area contributed by atoms with E-state index in [1.807, 2.05) is 79.7 Å². The molecule has 0 amide bonds. The van der Waals surface area contributed by atoms with Crippen LogP contribution in [0.2, 0.25) is 0 Å². The summed E-state index contributed by atoms with van der Waals surface area (Å²) in [7, 11) is 1.37. The lowest BCUT2D eigenvalue weighted by Crippen LogP contribution is -2.36. The van der Waals surface area contributed by atoms with Crippen molar-refractivity contribution in [2.24, 2.45) is 0 Å². The van der Waals surface area contributed by atoms with Gasteiger partial charge in [-0.2, -0.15) is 0 Å². The Kier molecular flexibility index (Phi) is 6.72. The van der Waals surface area contributed by atoms with Gasteiger partial charge in [0.15, 0.2) is 5.78 Å². The molecule has 2 aliphatic rings. The molecule has 1 aliphatic heterocycles. The smallest absolute Gasteiger partial charge is 0.336 e. The van der Waals surface area contributed by atoms with Gasteiger partial charge in [0.2, 0.25) is 0 Å². The number of hydrogen-bond donors (Lipinski definition) is 1. The van der Waals surface area contributed by atoms with Gasteiger partial charge < -0.3 is 14.8 Å². The average Bonchev–Trinajstić information content (AvgIpc) is 2.92. The Bertz CT molecular complexity index is 1340. The number of ether oxygens (including phenoxy) is 2. The minimum absolute atomic E-state index is 0.0365. The molecule has 5 heteroatoms. The van der Waals surface area contributed by atoms with Crippen molar-refractivity contribution in [2.45, 2.75) is 38.2 Å². The third kappa shape index (κ3) is 4.57. The number of esters is 1. The first-order valence-corrected chi connectivity index (χ1v) is 12.2. The number of dihydropyridines is 1. The number of nitrogens with one attached hydrogen (secondary N) is 1. The van der Waals surface area contributed by atoms with Crippen molar-refractivity contribution in [1.82, 2.24) is 5.32 Å². The number of Topliss-reactive ketones (excluding diaryl/α,β-unsaturated/α-hetero) is 1. The van der Waals surface area contributed by atoms with Crippen molar-refractivity contribution in [2.75, 3.05) is 7.11 Å². The van der Waals surface area contributed by atoms with Crippen LogP contribution in [0.15, 0.2) is 107 Å². The van der Waals surface area contributed by atoms with E-state index in [0.717, 1.165) is 22.4 Å². The average molecular weight is 480 g/mol. The summed E-state index contributed by atoms with van der Waals surface area (Å²) in [5.74, 6) is -0.249. The molecule has 3 aromatic rings. The number of ketones is 1. The number of carbonyl (C=O) groups excluding carboxylic acids is 2. The van der Waals surface area contributed by atoms with E-state index < -0.39 is 11.9 Å². The second-order valence-corrected chi connectivity index (χ2v) is 9.23. The molecule has 5 nitrogen and oxygen atoms in total. The molecule has 0 fully saturated rings. The Morgan fingerprint density at radius 2 is 1.58 bits per heavy atom. The molecule has 0 aromatic heterocycles. The summed E-state index contributed by atoms with van der Waals surface area (Å²) in [4.78, 5) is 26.8. The highest BCUT2D eigenvalue weighted by Crippen LogP contribution is 2.47. The summed E-state index contributed by atoms with van der Waals surface area (Å²) in [6.45, 7) is 2.25. The molecule has 36 heavy (non-hydrogen) atoms. The highest BCUT2D eigenvalue weighted by molar-refractivity contribution is 6.04. The highest BCUT2D eigenvalue weighted by Gasteiger charge is 2.42. The molecule has 1 aliphatic carbocycles. The summed E-state index contributed by atoms with van der Waals surface area (Å²) in [6, 6.07) is 27.7. The minimum atomic E-state index is -0.565. The summed E-state index contributed by atoms with van der Waals surface area (Å²) in [6.07, 6.45) is 1.09. The number of allylic oxidation sites excluding steroid dienone is 3. The number of methoxy groups -OCH3 is 1. The van der Waals surface area contributed by atoms with Gasteiger partial charge in [-0.1, -0.05) is 78.9 Å². The first-order chi connectivity index (χ1) is 17.6. The topological polar surface area (TPSA) is 64.6 Å². The Morgan fingerprint density at radius 3 is 2.31 bits per heavy atom. The van der Waals surface area contributed by atoms with Gasteiger partial charge in [-0.15, -0.1) is 0 Å². The fourth-order valence-corrected chi connectivity index (χ4v) is 5.28. The molecular weight excluding hydrogens is 450 g/mol. The summed E-state index contributed by atoms with van der Waals surface area (Å²) in [5.41, 5.74) is 5.61. The van der Waals surface area contributed by atoms with Crippen LogP contribution in [-0.2, 0) is 20.9 Å². The van der Waals surface area contributed by atoms with Gasteiger partial charge in [0.25, 0.3) is 0 Å². The summed E-state index contributed by atoms with van der Waals surface area (Å²) < 4.78 is 11.4. The van der Waals surface area contributed by atoms with Crippen LogP contribution in [0.4, 0.5) is 0 Å². The van der Waals surface area contributed by atoms with E-state index in [9.17, 15) is 9.59 Å². The van der Waals surface area contributed by atoms with Crippen LogP contribution in [0.25, 0.3) is 0 Å². The third-order valence-corrected chi connectivity index (χ3v) is 6.97. The molecule has 2 atom stereocenters. The maximum atomic E-state index is 13.7. The zero-order valence-electron chi connectivity index (χ0n) is 20.5. The van der Waals surface area contributed by atoms with E-state index in [-0.39, 0.29) is 11.7 Å². The van der Waals surface area contributed by atoms with Crippen molar-refractivity contribution >= 4 is 11.8 Å². The largest absolute Gasteiger partial charge is 0.489 e. The van der Waals surface area contributed by atoms with Crippen LogP contribution in [0, 0.1) is 0 Å². The van der Waals surface area contributed by atoms with E-state index >= 15 is 0 Å². The van der Waals surface area contributed by atoms with Crippen LogP contribution < -0.4 is 10.1 Å². The molecule has 3 aromatic carbocycles. The molecule has 1 heterocycles. The minimum Gasteiger partial charge on any atom is -0.489 e. The first kappa shape index (κ1) is 23.6. The number of carbonyl (C=O) groups is 2. The zero-order chi connectivity index (χ0) is 25.1. The van der Waals surface area contributed by atoms with Gasteiger partial charge in [-0.05, 0) is 36.5 Å².